The average molecular weight is 879 g/mol. The summed E-state index contributed by atoms with van der Waals surface area (Å²) in [7, 11) is 0. The topological polar surface area (TPSA) is 78.9 Å². The molecule has 1 unspecified atom stereocenters. The van der Waals surface area contributed by atoms with E-state index in [1.54, 1.807) is 0 Å². The Morgan fingerprint density at radius 3 is 0.968 bits per heavy atom. The summed E-state index contributed by atoms with van der Waals surface area (Å²) in [6, 6.07) is 0. The molecule has 0 N–H and O–H groups in total. The quantitative estimate of drug-likeness (QED) is 0.0262. The van der Waals surface area contributed by atoms with Crippen LogP contribution in [0.1, 0.15) is 252 Å². The molecule has 0 saturated heterocycles. The third-order valence-electron chi connectivity index (χ3n) is 11.2. The first-order chi connectivity index (χ1) is 31.0. The summed E-state index contributed by atoms with van der Waals surface area (Å²) in [5, 5.41) is 0. The smallest absolute Gasteiger partial charge is 0.306 e. The van der Waals surface area contributed by atoms with E-state index in [9.17, 15) is 14.4 Å². The summed E-state index contributed by atoms with van der Waals surface area (Å²) in [4.78, 5) is 38.0. The standard InChI is InChI=1S/C57H98O6/c1-4-7-10-13-16-19-22-25-27-28-29-30-31-33-35-38-41-44-47-50-56(59)62-53-54(52-61-55(58)49-46-43-40-37-34-24-21-18-15-12-9-6-3)63-57(60)51-48-45-42-39-36-32-26-23-20-17-14-11-8-5-2/h7,9-10,12,16,18-19,21,25,27,29-30,54H,4-6,8,11,13-15,17,20,22-24,26,28,31-53H2,1-3H3/b10-7-,12-9-,19-16-,21-18-,27-25-,30-29-. The molecular formula is C57H98O6. The molecule has 0 aliphatic heterocycles. The maximum atomic E-state index is 12.8. The van der Waals surface area contributed by atoms with Crippen LogP contribution < -0.4 is 0 Å². The second-order valence-electron chi connectivity index (χ2n) is 17.4. The van der Waals surface area contributed by atoms with Crippen LogP contribution >= 0.6 is 0 Å². The van der Waals surface area contributed by atoms with Gasteiger partial charge in [-0.1, -0.05) is 222 Å². The lowest BCUT2D eigenvalue weighted by Gasteiger charge is -2.18. The largest absolute Gasteiger partial charge is 0.462 e. The van der Waals surface area contributed by atoms with Crippen molar-refractivity contribution < 1.29 is 28.6 Å². The van der Waals surface area contributed by atoms with Gasteiger partial charge in [-0.25, -0.2) is 0 Å². The van der Waals surface area contributed by atoms with E-state index in [1.807, 2.05) is 0 Å². The maximum Gasteiger partial charge on any atom is 0.306 e. The molecule has 0 aromatic heterocycles. The Labute approximate surface area is 389 Å². The highest BCUT2D eigenvalue weighted by molar-refractivity contribution is 5.71. The Bertz CT molecular complexity index is 1190. The van der Waals surface area contributed by atoms with E-state index >= 15 is 0 Å². The Balaban J connectivity index is 4.38. The lowest BCUT2D eigenvalue weighted by molar-refractivity contribution is -0.167. The van der Waals surface area contributed by atoms with Crippen LogP contribution in [-0.2, 0) is 28.6 Å². The van der Waals surface area contributed by atoms with Crippen LogP contribution in [0.15, 0.2) is 72.9 Å². The second kappa shape index (κ2) is 51.5. The van der Waals surface area contributed by atoms with E-state index in [2.05, 4.69) is 93.7 Å². The Morgan fingerprint density at radius 2 is 0.619 bits per heavy atom. The van der Waals surface area contributed by atoms with Gasteiger partial charge >= 0.3 is 17.9 Å². The summed E-state index contributed by atoms with van der Waals surface area (Å²) in [6.07, 6.45) is 64.6. The number of allylic oxidation sites excluding steroid dienone is 12. The van der Waals surface area contributed by atoms with E-state index in [-0.39, 0.29) is 31.1 Å². The monoisotopic (exact) mass is 879 g/mol. The number of hydrogen-bond donors (Lipinski definition) is 0. The zero-order valence-corrected chi connectivity index (χ0v) is 41.3. The molecule has 0 fully saturated rings. The molecule has 6 nitrogen and oxygen atoms in total. The summed E-state index contributed by atoms with van der Waals surface area (Å²) in [5.74, 6) is -0.909. The molecular weight excluding hydrogens is 781 g/mol. The van der Waals surface area contributed by atoms with Gasteiger partial charge in [-0.2, -0.15) is 0 Å². The fourth-order valence-corrected chi connectivity index (χ4v) is 7.29. The summed E-state index contributed by atoms with van der Waals surface area (Å²) in [6.45, 7) is 6.40. The van der Waals surface area contributed by atoms with Crippen molar-refractivity contribution in [3.8, 4) is 0 Å². The zero-order valence-electron chi connectivity index (χ0n) is 41.3. The molecule has 0 aliphatic carbocycles. The number of carbonyl (C=O) groups excluding carboxylic acids is 3. The minimum absolute atomic E-state index is 0.0860. The minimum Gasteiger partial charge on any atom is -0.462 e. The molecule has 0 aromatic carbocycles. The highest BCUT2D eigenvalue weighted by Crippen LogP contribution is 2.15. The third-order valence-corrected chi connectivity index (χ3v) is 11.2. The average Bonchev–Trinajstić information content (AvgIpc) is 3.28. The fraction of sp³-hybridized carbons (Fsp3) is 0.737. The van der Waals surface area contributed by atoms with Gasteiger partial charge in [0.15, 0.2) is 6.10 Å². The molecule has 63 heavy (non-hydrogen) atoms. The van der Waals surface area contributed by atoms with E-state index in [4.69, 9.17) is 14.2 Å². The number of ether oxygens (including phenoxy) is 3. The van der Waals surface area contributed by atoms with Gasteiger partial charge in [0.25, 0.3) is 0 Å². The number of rotatable bonds is 47. The zero-order chi connectivity index (χ0) is 45.8. The van der Waals surface area contributed by atoms with Crippen molar-refractivity contribution in [2.24, 2.45) is 0 Å². The first kappa shape index (κ1) is 59.9. The van der Waals surface area contributed by atoms with Crippen LogP contribution in [0.3, 0.4) is 0 Å². The van der Waals surface area contributed by atoms with Crippen molar-refractivity contribution in [2.45, 2.75) is 258 Å². The third kappa shape index (κ3) is 49.7. The molecule has 6 heteroatoms. The molecule has 0 radical (unpaired) electrons. The van der Waals surface area contributed by atoms with Crippen LogP contribution in [0.4, 0.5) is 0 Å². The van der Waals surface area contributed by atoms with Gasteiger partial charge in [0.05, 0.1) is 0 Å². The van der Waals surface area contributed by atoms with Crippen molar-refractivity contribution >= 4 is 17.9 Å². The first-order valence-electron chi connectivity index (χ1n) is 26.4. The van der Waals surface area contributed by atoms with Gasteiger partial charge in [0, 0.05) is 19.3 Å². The van der Waals surface area contributed by atoms with Crippen molar-refractivity contribution in [3.63, 3.8) is 0 Å². The van der Waals surface area contributed by atoms with Gasteiger partial charge < -0.3 is 14.2 Å². The van der Waals surface area contributed by atoms with Crippen molar-refractivity contribution in [1.29, 1.82) is 0 Å². The van der Waals surface area contributed by atoms with Crippen LogP contribution in [0.25, 0.3) is 0 Å². The van der Waals surface area contributed by atoms with E-state index in [1.165, 1.54) is 89.9 Å². The molecule has 0 rings (SSSR count). The normalized spacial score (nSPS) is 12.6. The van der Waals surface area contributed by atoms with Crippen LogP contribution in [0, 0.1) is 0 Å². The lowest BCUT2D eigenvalue weighted by atomic mass is 10.0. The molecule has 0 aromatic rings. The Hall–Kier alpha value is -3.15. The molecule has 362 valence electrons. The fourth-order valence-electron chi connectivity index (χ4n) is 7.29. The number of hydrogen-bond acceptors (Lipinski definition) is 6. The molecule has 0 spiro atoms. The number of carbonyl (C=O) groups is 3. The summed E-state index contributed by atoms with van der Waals surface area (Å²) in [5.41, 5.74) is 0. The van der Waals surface area contributed by atoms with Gasteiger partial charge in [-0.3, -0.25) is 14.4 Å². The lowest BCUT2D eigenvalue weighted by Crippen LogP contribution is -2.30. The summed E-state index contributed by atoms with van der Waals surface area (Å²) < 4.78 is 16.8. The molecule has 0 saturated carbocycles. The Morgan fingerprint density at radius 1 is 0.333 bits per heavy atom. The Kier molecular flexibility index (Phi) is 48.9. The highest BCUT2D eigenvalue weighted by atomic mass is 16.6. The van der Waals surface area contributed by atoms with Gasteiger partial charge in [-0.05, 0) is 83.5 Å². The number of unbranched alkanes of at least 4 members (excludes halogenated alkanes) is 24. The van der Waals surface area contributed by atoms with E-state index < -0.39 is 6.10 Å². The predicted octanol–water partition coefficient (Wildman–Crippen LogP) is 17.4. The van der Waals surface area contributed by atoms with Crippen molar-refractivity contribution in [2.75, 3.05) is 13.2 Å². The molecule has 1 atom stereocenters. The van der Waals surface area contributed by atoms with Crippen molar-refractivity contribution in [1.82, 2.24) is 0 Å². The van der Waals surface area contributed by atoms with Crippen LogP contribution in [0.5, 0.6) is 0 Å². The number of esters is 3. The minimum atomic E-state index is -0.784. The molecule has 0 amide bonds. The van der Waals surface area contributed by atoms with Crippen LogP contribution in [0.2, 0.25) is 0 Å². The van der Waals surface area contributed by atoms with E-state index in [0.29, 0.717) is 19.3 Å². The summed E-state index contributed by atoms with van der Waals surface area (Å²) >= 11 is 0. The highest BCUT2D eigenvalue weighted by Gasteiger charge is 2.19. The van der Waals surface area contributed by atoms with Crippen LogP contribution in [-0.4, -0.2) is 37.2 Å². The predicted molar refractivity (Wildman–Crippen MR) is 270 cm³/mol. The van der Waals surface area contributed by atoms with E-state index in [0.717, 1.165) is 122 Å². The maximum absolute atomic E-state index is 12.8. The molecule has 0 aliphatic rings. The van der Waals surface area contributed by atoms with Crippen molar-refractivity contribution in [3.05, 3.63) is 72.9 Å². The van der Waals surface area contributed by atoms with Gasteiger partial charge in [0.1, 0.15) is 13.2 Å². The SMILES string of the molecule is CC/C=C\C/C=C\C/C=C\C/C=C\CCCCCCCCC(=O)OCC(COC(=O)CCCCCCC/C=C\C/C=C\CC)OC(=O)CCCCCCCCCCCCCCCC. The first-order valence-corrected chi connectivity index (χ1v) is 26.4. The molecule has 0 bridgehead atoms. The molecule has 0 heterocycles. The second-order valence-corrected chi connectivity index (χ2v) is 17.4. The van der Waals surface area contributed by atoms with Gasteiger partial charge in [-0.15, -0.1) is 0 Å². The van der Waals surface area contributed by atoms with Gasteiger partial charge in [0.2, 0.25) is 0 Å².